The number of carbonyl (C=O) groups is 2. The molecule has 0 saturated heterocycles. The van der Waals surface area contributed by atoms with Crippen molar-refractivity contribution in [1.29, 1.82) is 0 Å². The Morgan fingerprint density at radius 3 is 2.24 bits per heavy atom. The Bertz CT molecular complexity index is 1300. The molecule has 172 valence electrons. The molecule has 1 atom stereocenters. The van der Waals surface area contributed by atoms with Gasteiger partial charge in [0, 0.05) is 23.4 Å². The van der Waals surface area contributed by atoms with Crippen molar-refractivity contribution in [2.24, 2.45) is 0 Å². The quantitative estimate of drug-likeness (QED) is 0.427. The molecule has 0 saturated carbocycles. The van der Waals surface area contributed by atoms with Crippen LogP contribution in [0.15, 0.2) is 84.9 Å². The van der Waals surface area contributed by atoms with Gasteiger partial charge in [0.05, 0.1) is 5.69 Å². The van der Waals surface area contributed by atoms with E-state index >= 15 is 0 Å². The number of hydrogen-bond acceptors (Lipinski definition) is 3. The first-order valence-electron chi connectivity index (χ1n) is 10.9. The highest BCUT2D eigenvalue weighted by molar-refractivity contribution is 6.01. The van der Waals surface area contributed by atoms with Gasteiger partial charge in [-0.05, 0) is 55.8 Å². The Morgan fingerprint density at radius 1 is 0.941 bits per heavy atom. The molecule has 4 rings (SSSR count). The number of hydrogen-bond donors (Lipinski definition) is 2. The zero-order valence-corrected chi connectivity index (χ0v) is 19.0. The van der Waals surface area contributed by atoms with E-state index in [1.54, 1.807) is 36.4 Å². The highest BCUT2D eigenvalue weighted by Gasteiger charge is 2.22. The van der Waals surface area contributed by atoms with Crippen LogP contribution in [-0.4, -0.2) is 27.6 Å². The molecule has 34 heavy (non-hydrogen) atoms. The van der Waals surface area contributed by atoms with Gasteiger partial charge in [0.25, 0.3) is 5.91 Å². The molecule has 0 fully saturated rings. The zero-order valence-electron chi connectivity index (χ0n) is 19.0. The van der Waals surface area contributed by atoms with Gasteiger partial charge in [0.15, 0.2) is 5.82 Å². The molecule has 0 radical (unpaired) electrons. The summed E-state index contributed by atoms with van der Waals surface area (Å²) in [7, 11) is 0. The maximum absolute atomic E-state index is 14.9. The molecule has 7 heteroatoms. The molecule has 3 aromatic carbocycles. The minimum absolute atomic E-state index is 0.289. The average molecular weight is 457 g/mol. The SMILES string of the molecule is Cc1cc(C)n(-c2ccc(NC(=O)C(Cc3ccccc3)NC(=O)c3ccccc3)cc2F)n1. The molecule has 0 aliphatic heterocycles. The predicted molar refractivity (Wildman–Crippen MR) is 129 cm³/mol. The summed E-state index contributed by atoms with van der Waals surface area (Å²) in [6, 6.07) is 23.5. The number of nitrogens with one attached hydrogen (secondary N) is 2. The second kappa shape index (κ2) is 10.1. The Hall–Kier alpha value is -4.26. The number of aromatic nitrogens is 2. The number of nitrogens with zero attached hydrogens (tertiary/aromatic N) is 2. The summed E-state index contributed by atoms with van der Waals surface area (Å²) in [5.41, 5.74) is 3.52. The minimum atomic E-state index is -0.853. The maximum Gasteiger partial charge on any atom is 0.251 e. The highest BCUT2D eigenvalue weighted by atomic mass is 19.1. The fourth-order valence-corrected chi connectivity index (χ4v) is 3.75. The molecule has 1 heterocycles. The lowest BCUT2D eigenvalue weighted by Crippen LogP contribution is -2.45. The van der Waals surface area contributed by atoms with E-state index in [4.69, 9.17) is 0 Å². The first-order valence-corrected chi connectivity index (χ1v) is 10.9. The van der Waals surface area contributed by atoms with Crippen LogP contribution in [-0.2, 0) is 11.2 Å². The molecule has 0 bridgehead atoms. The predicted octanol–water partition coefficient (Wildman–Crippen LogP) is 4.61. The van der Waals surface area contributed by atoms with E-state index in [2.05, 4.69) is 15.7 Å². The van der Waals surface area contributed by atoms with Gasteiger partial charge < -0.3 is 10.6 Å². The van der Waals surface area contributed by atoms with Gasteiger partial charge in [-0.2, -0.15) is 5.10 Å². The van der Waals surface area contributed by atoms with Gasteiger partial charge in [-0.15, -0.1) is 0 Å². The van der Waals surface area contributed by atoms with Gasteiger partial charge in [0.1, 0.15) is 11.7 Å². The van der Waals surface area contributed by atoms with Gasteiger partial charge in [-0.3, -0.25) is 9.59 Å². The molecule has 0 aliphatic carbocycles. The van der Waals surface area contributed by atoms with Crippen LogP contribution in [0.3, 0.4) is 0 Å². The molecule has 2 N–H and O–H groups in total. The van der Waals surface area contributed by atoms with E-state index in [0.717, 1.165) is 17.0 Å². The molecule has 0 spiro atoms. The summed E-state index contributed by atoms with van der Waals surface area (Å²) in [4.78, 5) is 25.9. The van der Waals surface area contributed by atoms with Crippen LogP contribution in [0.1, 0.15) is 27.3 Å². The van der Waals surface area contributed by atoms with E-state index < -0.39 is 17.8 Å². The lowest BCUT2D eigenvalue weighted by molar-refractivity contribution is -0.118. The molecule has 1 aromatic heterocycles. The van der Waals surface area contributed by atoms with Crippen molar-refractivity contribution >= 4 is 17.5 Å². The Kier molecular flexibility index (Phi) is 6.82. The fraction of sp³-hybridized carbons (Fsp3) is 0.148. The third kappa shape index (κ3) is 5.38. The largest absolute Gasteiger partial charge is 0.340 e. The van der Waals surface area contributed by atoms with E-state index in [1.807, 2.05) is 56.3 Å². The first-order chi connectivity index (χ1) is 16.4. The third-order valence-electron chi connectivity index (χ3n) is 5.39. The summed E-state index contributed by atoms with van der Waals surface area (Å²) in [6.07, 6.45) is 0.289. The van der Waals surface area contributed by atoms with Crippen molar-refractivity contribution in [3.05, 3.63) is 113 Å². The number of benzene rings is 3. The number of carbonyl (C=O) groups excluding carboxylic acids is 2. The van der Waals surface area contributed by atoms with E-state index in [-0.39, 0.29) is 12.3 Å². The minimum Gasteiger partial charge on any atom is -0.340 e. The molecule has 2 amide bonds. The maximum atomic E-state index is 14.9. The summed E-state index contributed by atoms with van der Waals surface area (Å²) in [5, 5.41) is 9.85. The molecular formula is C27H25FN4O2. The standard InChI is InChI=1S/C27H25FN4O2/c1-18-15-19(2)32(31-18)25-14-13-22(17-23(25)28)29-27(34)24(16-20-9-5-3-6-10-20)30-26(33)21-11-7-4-8-12-21/h3-15,17,24H,16H2,1-2H3,(H,29,34)(H,30,33). The molecule has 1 unspecified atom stereocenters. The van der Waals surface area contributed by atoms with Crippen LogP contribution >= 0.6 is 0 Å². The third-order valence-corrected chi connectivity index (χ3v) is 5.39. The van der Waals surface area contributed by atoms with Gasteiger partial charge >= 0.3 is 0 Å². The van der Waals surface area contributed by atoms with Crippen LogP contribution in [0.25, 0.3) is 5.69 Å². The molecule has 6 nitrogen and oxygen atoms in total. The summed E-state index contributed by atoms with van der Waals surface area (Å²) in [5.74, 6) is -1.31. The number of anilines is 1. The monoisotopic (exact) mass is 456 g/mol. The Morgan fingerprint density at radius 2 is 1.62 bits per heavy atom. The van der Waals surface area contributed by atoms with Crippen molar-refractivity contribution in [2.75, 3.05) is 5.32 Å². The molecule has 4 aromatic rings. The summed E-state index contributed by atoms with van der Waals surface area (Å²) in [6.45, 7) is 3.69. The topological polar surface area (TPSA) is 76.0 Å². The Balaban J connectivity index is 1.54. The zero-order chi connectivity index (χ0) is 24.1. The van der Waals surface area contributed by atoms with Crippen molar-refractivity contribution in [2.45, 2.75) is 26.3 Å². The normalized spacial score (nSPS) is 11.6. The number of rotatable bonds is 7. The number of amides is 2. The van der Waals surface area contributed by atoms with Crippen molar-refractivity contribution in [3.8, 4) is 5.69 Å². The Labute approximate surface area is 197 Å². The van der Waals surface area contributed by atoms with Crippen molar-refractivity contribution in [3.63, 3.8) is 0 Å². The van der Waals surface area contributed by atoms with E-state index in [0.29, 0.717) is 16.9 Å². The highest BCUT2D eigenvalue weighted by Crippen LogP contribution is 2.20. The smallest absolute Gasteiger partial charge is 0.251 e. The summed E-state index contributed by atoms with van der Waals surface area (Å²) >= 11 is 0. The van der Waals surface area contributed by atoms with Gasteiger partial charge in [-0.25, -0.2) is 9.07 Å². The number of halogens is 1. The second-order valence-corrected chi connectivity index (χ2v) is 8.08. The average Bonchev–Trinajstić information content (AvgIpc) is 3.17. The summed E-state index contributed by atoms with van der Waals surface area (Å²) < 4.78 is 16.4. The lowest BCUT2D eigenvalue weighted by atomic mass is 10.0. The van der Waals surface area contributed by atoms with Crippen molar-refractivity contribution < 1.29 is 14.0 Å². The van der Waals surface area contributed by atoms with Crippen LogP contribution in [0.4, 0.5) is 10.1 Å². The van der Waals surface area contributed by atoms with Crippen LogP contribution in [0.5, 0.6) is 0 Å². The molecular weight excluding hydrogens is 431 g/mol. The van der Waals surface area contributed by atoms with Crippen LogP contribution in [0.2, 0.25) is 0 Å². The van der Waals surface area contributed by atoms with Gasteiger partial charge in [-0.1, -0.05) is 48.5 Å². The van der Waals surface area contributed by atoms with Crippen LogP contribution in [0, 0.1) is 19.7 Å². The van der Waals surface area contributed by atoms with Crippen molar-refractivity contribution in [1.82, 2.24) is 15.1 Å². The lowest BCUT2D eigenvalue weighted by Gasteiger charge is -2.19. The van der Waals surface area contributed by atoms with Crippen LogP contribution < -0.4 is 10.6 Å². The molecule has 0 aliphatic rings. The fourth-order valence-electron chi connectivity index (χ4n) is 3.75. The second-order valence-electron chi connectivity index (χ2n) is 8.08. The van der Waals surface area contributed by atoms with E-state index in [9.17, 15) is 14.0 Å². The first kappa shape index (κ1) is 22.9. The number of aryl methyl sites for hydroxylation is 2. The van der Waals surface area contributed by atoms with Gasteiger partial charge in [0.2, 0.25) is 5.91 Å². The van der Waals surface area contributed by atoms with E-state index in [1.165, 1.54) is 10.7 Å².